The van der Waals surface area contributed by atoms with Gasteiger partial charge in [-0.1, -0.05) is 18.2 Å². The van der Waals surface area contributed by atoms with Crippen LogP contribution in [0.25, 0.3) is 23.0 Å². The van der Waals surface area contributed by atoms with Crippen LogP contribution in [0.1, 0.15) is 15.9 Å². The molecule has 0 radical (unpaired) electrons. The molecule has 0 atom stereocenters. The van der Waals surface area contributed by atoms with E-state index >= 15 is 0 Å². The number of methoxy groups -OCH3 is 1. The fraction of sp³-hybridized carbons (Fsp3) is 0.0400. The maximum Gasteiger partial charge on any atom is 0.185 e. The number of carbonyl (C=O) groups is 1. The van der Waals surface area contributed by atoms with E-state index in [9.17, 15) is 9.18 Å². The molecule has 5 heteroatoms. The molecule has 30 heavy (non-hydrogen) atoms. The number of ketones is 1. The summed E-state index contributed by atoms with van der Waals surface area (Å²) in [5.41, 5.74) is 3.77. The molecular weight excluding hydrogens is 379 g/mol. The first-order valence-electron chi connectivity index (χ1n) is 9.41. The lowest BCUT2D eigenvalue weighted by atomic mass is 10.1. The SMILES string of the molecule is COc1ccc(-c2nn(-c3ccccc3)cc2/C=C/C(=O)c2ccc(F)cc2)cc1. The summed E-state index contributed by atoms with van der Waals surface area (Å²) in [5.74, 6) is 0.175. The Morgan fingerprint density at radius 1 is 0.967 bits per heavy atom. The molecule has 0 unspecified atom stereocenters. The fourth-order valence-electron chi connectivity index (χ4n) is 3.07. The van der Waals surface area contributed by atoms with Crippen LogP contribution in [0.3, 0.4) is 0 Å². The van der Waals surface area contributed by atoms with Crippen molar-refractivity contribution in [3.63, 3.8) is 0 Å². The standard InChI is InChI=1S/C25H19FN2O2/c1-30-23-14-9-19(10-15-23)25-20(17-28(27-25)22-5-3-2-4-6-22)11-16-24(29)18-7-12-21(26)13-8-18/h2-17H,1H3/b16-11+. The number of nitrogens with zero attached hydrogens (tertiary/aromatic N) is 2. The number of hydrogen-bond acceptors (Lipinski definition) is 3. The fourth-order valence-corrected chi connectivity index (χ4v) is 3.07. The van der Waals surface area contributed by atoms with Gasteiger partial charge < -0.3 is 4.74 Å². The third kappa shape index (κ3) is 4.20. The normalized spacial score (nSPS) is 11.0. The second-order valence-corrected chi connectivity index (χ2v) is 6.65. The number of carbonyl (C=O) groups excluding carboxylic acids is 1. The summed E-state index contributed by atoms with van der Waals surface area (Å²) < 4.78 is 20.1. The number of ether oxygens (including phenoxy) is 1. The molecule has 4 aromatic rings. The Kier molecular flexibility index (Phi) is 5.52. The van der Waals surface area contributed by atoms with Gasteiger partial charge in [0.25, 0.3) is 0 Å². The molecule has 148 valence electrons. The van der Waals surface area contributed by atoms with Crippen LogP contribution in [0.5, 0.6) is 5.75 Å². The summed E-state index contributed by atoms with van der Waals surface area (Å²) in [5, 5.41) is 4.73. The van der Waals surface area contributed by atoms with Gasteiger partial charge in [0.05, 0.1) is 18.5 Å². The molecule has 0 aliphatic carbocycles. The van der Waals surface area contributed by atoms with Gasteiger partial charge in [-0.3, -0.25) is 4.79 Å². The van der Waals surface area contributed by atoms with Gasteiger partial charge in [0.15, 0.2) is 5.78 Å². The minimum Gasteiger partial charge on any atom is -0.497 e. The number of halogens is 1. The van der Waals surface area contributed by atoms with E-state index in [1.807, 2.05) is 60.8 Å². The highest BCUT2D eigenvalue weighted by atomic mass is 19.1. The van der Waals surface area contributed by atoms with E-state index in [0.717, 1.165) is 28.3 Å². The second kappa shape index (κ2) is 8.57. The van der Waals surface area contributed by atoms with Crippen molar-refractivity contribution in [2.24, 2.45) is 0 Å². The predicted molar refractivity (Wildman–Crippen MR) is 115 cm³/mol. The zero-order chi connectivity index (χ0) is 20.9. The summed E-state index contributed by atoms with van der Waals surface area (Å²) in [7, 11) is 1.62. The van der Waals surface area contributed by atoms with Crippen molar-refractivity contribution in [3.05, 3.63) is 108 Å². The van der Waals surface area contributed by atoms with Crippen molar-refractivity contribution >= 4 is 11.9 Å². The Morgan fingerprint density at radius 3 is 2.33 bits per heavy atom. The van der Waals surface area contributed by atoms with Gasteiger partial charge in [-0.15, -0.1) is 0 Å². The molecule has 0 saturated carbocycles. The molecule has 1 heterocycles. The van der Waals surface area contributed by atoms with Crippen molar-refractivity contribution in [1.29, 1.82) is 0 Å². The smallest absolute Gasteiger partial charge is 0.185 e. The van der Waals surface area contributed by atoms with Crippen LogP contribution in [0.15, 0.2) is 91.1 Å². The van der Waals surface area contributed by atoms with Crippen LogP contribution >= 0.6 is 0 Å². The number of allylic oxidation sites excluding steroid dienone is 1. The van der Waals surface area contributed by atoms with Crippen LogP contribution in [0.2, 0.25) is 0 Å². The van der Waals surface area contributed by atoms with Crippen LogP contribution in [0, 0.1) is 5.82 Å². The molecule has 3 aromatic carbocycles. The number of hydrogen-bond donors (Lipinski definition) is 0. The number of para-hydroxylation sites is 1. The summed E-state index contributed by atoms with van der Waals surface area (Å²) in [4.78, 5) is 12.5. The number of aromatic nitrogens is 2. The highest BCUT2D eigenvalue weighted by Crippen LogP contribution is 2.27. The Hall–Kier alpha value is -3.99. The topological polar surface area (TPSA) is 44.1 Å². The lowest BCUT2D eigenvalue weighted by molar-refractivity contribution is 0.104. The molecule has 0 spiro atoms. The van der Waals surface area contributed by atoms with E-state index in [-0.39, 0.29) is 11.6 Å². The molecule has 0 amide bonds. The second-order valence-electron chi connectivity index (χ2n) is 6.65. The Morgan fingerprint density at radius 2 is 1.67 bits per heavy atom. The molecule has 0 N–H and O–H groups in total. The highest BCUT2D eigenvalue weighted by molar-refractivity contribution is 6.07. The van der Waals surface area contributed by atoms with Crippen LogP contribution < -0.4 is 4.74 Å². The molecule has 4 rings (SSSR count). The monoisotopic (exact) mass is 398 g/mol. The minimum absolute atomic E-state index is 0.205. The molecule has 0 saturated heterocycles. The summed E-state index contributed by atoms with van der Waals surface area (Å²) in [6, 6.07) is 22.8. The van der Waals surface area contributed by atoms with Crippen molar-refractivity contribution in [3.8, 4) is 22.7 Å². The average molecular weight is 398 g/mol. The average Bonchev–Trinajstić information content (AvgIpc) is 3.23. The van der Waals surface area contributed by atoms with Crippen molar-refractivity contribution in [1.82, 2.24) is 9.78 Å². The first-order chi connectivity index (χ1) is 14.6. The molecular formula is C25H19FN2O2. The Balaban J connectivity index is 1.71. The third-order valence-corrected chi connectivity index (χ3v) is 4.67. The van der Waals surface area contributed by atoms with E-state index in [4.69, 9.17) is 9.84 Å². The molecule has 0 aliphatic rings. The van der Waals surface area contributed by atoms with Gasteiger partial charge in [0.2, 0.25) is 0 Å². The van der Waals surface area contributed by atoms with Gasteiger partial charge in [-0.05, 0) is 72.8 Å². The third-order valence-electron chi connectivity index (χ3n) is 4.67. The number of benzene rings is 3. The Bertz CT molecular complexity index is 1180. The van der Waals surface area contributed by atoms with Crippen LogP contribution in [-0.2, 0) is 0 Å². The lowest BCUT2D eigenvalue weighted by Gasteiger charge is -2.02. The molecule has 0 bridgehead atoms. The molecule has 0 fully saturated rings. The highest BCUT2D eigenvalue weighted by Gasteiger charge is 2.11. The van der Waals surface area contributed by atoms with Crippen molar-refractivity contribution < 1.29 is 13.9 Å². The quantitative estimate of drug-likeness (QED) is 0.314. The van der Waals surface area contributed by atoms with Gasteiger partial charge in [-0.2, -0.15) is 5.10 Å². The van der Waals surface area contributed by atoms with Crippen molar-refractivity contribution in [2.45, 2.75) is 0 Å². The predicted octanol–water partition coefficient (Wildman–Crippen LogP) is 5.58. The summed E-state index contributed by atoms with van der Waals surface area (Å²) >= 11 is 0. The van der Waals surface area contributed by atoms with Gasteiger partial charge in [-0.25, -0.2) is 9.07 Å². The molecule has 1 aromatic heterocycles. The van der Waals surface area contributed by atoms with E-state index in [2.05, 4.69) is 0 Å². The largest absolute Gasteiger partial charge is 0.497 e. The summed E-state index contributed by atoms with van der Waals surface area (Å²) in [6.07, 6.45) is 5.09. The van der Waals surface area contributed by atoms with Crippen LogP contribution in [-0.4, -0.2) is 22.7 Å². The lowest BCUT2D eigenvalue weighted by Crippen LogP contribution is -1.94. The molecule has 4 nitrogen and oxygen atoms in total. The minimum atomic E-state index is -0.374. The Labute approximate surface area is 173 Å². The van der Waals surface area contributed by atoms with E-state index in [1.54, 1.807) is 17.9 Å². The van der Waals surface area contributed by atoms with E-state index < -0.39 is 0 Å². The van der Waals surface area contributed by atoms with Gasteiger partial charge >= 0.3 is 0 Å². The van der Waals surface area contributed by atoms with Crippen LogP contribution in [0.4, 0.5) is 4.39 Å². The number of rotatable bonds is 6. The zero-order valence-electron chi connectivity index (χ0n) is 16.3. The van der Waals surface area contributed by atoms with Gasteiger partial charge in [0, 0.05) is 22.9 Å². The summed E-state index contributed by atoms with van der Waals surface area (Å²) in [6.45, 7) is 0. The maximum atomic E-state index is 13.1. The van der Waals surface area contributed by atoms with E-state index in [0.29, 0.717) is 5.56 Å². The first kappa shape index (κ1) is 19.3. The maximum absolute atomic E-state index is 13.1. The molecule has 0 aliphatic heterocycles. The van der Waals surface area contributed by atoms with E-state index in [1.165, 1.54) is 30.3 Å². The first-order valence-corrected chi connectivity index (χ1v) is 9.41. The van der Waals surface area contributed by atoms with Crippen molar-refractivity contribution in [2.75, 3.05) is 7.11 Å². The zero-order valence-corrected chi connectivity index (χ0v) is 16.3. The van der Waals surface area contributed by atoms with Gasteiger partial charge in [0.1, 0.15) is 11.6 Å².